The molecule has 0 spiro atoms. The van der Waals surface area contributed by atoms with Crippen LogP contribution in [0.5, 0.6) is 0 Å². The number of rotatable bonds is 3. The van der Waals surface area contributed by atoms with Gasteiger partial charge in [0.1, 0.15) is 0 Å². The average molecular weight is 456 g/mol. The van der Waals surface area contributed by atoms with Crippen LogP contribution in [0.1, 0.15) is 30.5 Å². The number of piperazine rings is 1. The lowest BCUT2D eigenvalue weighted by Crippen LogP contribution is -2.64. The van der Waals surface area contributed by atoms with Crippen LogP contribution in [0.25, 0.3) is 0 Å². The van der Waals surface area contributed by atoms with Gasteiger partial charge in [0.2, 0.25) is 0 Å². The minimum Gasteiger partial charge on any atom is -0.336 e. The van der Waals surface area contributed by atoms with Gasteiger partial charge in [0.15, 0.2) is 0 Å². The fourth-order valence-corrected chi connectivity index (χ4v) is 5.06. The van der Waals surface area contributed by atoms with E-state index in [-0.39, 0.29) is 11.8 Å². The first-order valence-corrected chi connectivity index (χ1v) is 12.0. The van der Waals surface area contributed by atoms with Crippen LogP contribution in [-0.2, 0) is 0 Å². The van der Waals surface area contributed by atoms with Crippen LogP contribution in [0, 0.1) is 11.8 Å². The van der Waals surface area contributed by atoms with Gasteiger partial charge in [-0.05, 0) is 36.4 Å². The number of thiophene rings is 1. The summed E-state index contributed by atoms with van der Waals surface area (Å²) in [6.07, 6.45) is 0. The molecular weight excluding hydrogens is 430 g/mol. The summed E-state index contributed by atoms with van der Waals surface area (Å²) >= 11 is 1.45. The molecule has 2 aliphatic heterocycles. The Labute approximate surface area is 198 Å². The van der Waals surface area contributed by atoms with Gasteiger partial charge in [-0.15, -0.1) is 11.3 Å². The molecule has 2 aliphatic rings. The molecule has 0 unspecified atom stereocenters. The minimum atomic E-state index is 0.0851. The summed E-state index contributed by atoms with van der Waals surface area (Å²) in [6.45, 7) is 4.65. The summed E-state index contributed by atoms with van der Waals surface area (Å²) in [5.74, 6) is 6.48. The molecule has 166 valence electrons. The Morgan fingerprint density at radius 2 is 1.39 bits per heavy atom. The standard InChI is InChI=1S/C27H25N3O2S/c31-26(22-9-5-2-6-10-22)29-17-15-28(16-18-29)23-19-30(20-23)27(32)25-14-13-24(33-25)12-11-21-7-3-1-4-8-21/h1-10,13-14,23H,15-20H2. The zero-order valence-corrected chi connectivity index (χ0v) is 19.1. The van der Waals surface area contributed by atoms with Gasteiger partial charge in [-0.2, -0.15) is 0 Å². The maximum absolute atomic E-state index is 12.9. The van der Waals surface area contributed by atoms with Crippen molar-refractivity contribution >= 4 is 23.2 Å². The van der Waals surface area contributed by atoms with E-state index < -0.39 is 0 Å². The molecule has 2 aromatic carbocycles. The Kier molecular flexibility index (Phi) is 6.25. The van der Waals surface area contributed by atoms with Crippen LogP contribution in [0.2, 0.25) is 0 Å². The van der Waals surface area contributed by atoms with Crippen molar-refractivity contribution < 1.29 is 9.59 Å². The molecule has 5 rings (SSSR count). The fourth-order valence-electron chi connectivity index (χ4n) is 4.24. The van der Waals surface area contributed by atoms with E-state index in [1.165, 1.54) is 11.3 Å². The van der Waals surface area contributed by atoms with Crippen molar-refractivity contribution in [2.24, 2.45) is 0 Å². The third kappa shape index (κ3) is 4.85. The van der Waals surface area contributed by atoms with Crippen LogP contribution in [0.15, 0.2) is 72.8 Å². The van der Waals surface area contributed by atoms with Gasteiger partial charge in [0.25, 0.3) is 11.8 Å². The van der Waals surface area contributed by atoms with Crippen molar-refractivity contribution in [3.63, 3.8) is 0 Å². The van der Waals surface area contributed by atoms with Crippen molar-refractivity contribution in [2.45, 2.75) is 6.04 Å². The molecule has 2 amide bonds. The minimum absolute atomic E-state index is 0.0851. The highest BCUT2D eigenvalue weighted by Crippen LogP contribution is 2.23. The molecule has 6 heteroatoms. The Hall–Kier alpha value is -3.40. The van der Waals surface area contributed by atoms with Crippen LogP contribution in [0.3, 0.4) is 0 Å². The first kappa shape index (κ1) is 21.4. The van der Waals surface area contributed by atoms with Gasteiger partial charge >= 0.3 is 0 Å². The van der Waals surface area contributed by atoms with Crippen LogP contribution < -0.4 is 0 Å². The molecule has 0 radical (unpaired) electrons. The van der Waals surface area contributed by atoms with Gasteiger partial charge in [-0.3, -0.25) is 14.5 Å². The van der Waals surface area contributed by atoms with E-state index in [2.05, 4.69) is 16.7 Å². The molecule has 0 N–H and O–H groups in total. The zero-order chi connectivity index (χ0) is 22.6. The first-order chi connectivity index (χ1) is 16.2. The molecule has 0 bridgehead atoms. The monoisotopic (exact) mass is 455 g/mol. The van der Waals surface area contributed by atoms with Crippen molar-refractivity contribution in [1.29, 1.82) is 0 Å². The summed E-state index contributed by atoms with van der Waals surface area (Å²) < 4.78 is 0. The summed E-state index contributed by atoms with van der Waals surface area (Å²) in [6, 6.07) is 23.5. The van der Waals surface area contributed by atoms with E-state index >= 15 is 0 Å². The number of benzene rings is 2. The zero-order valence-electron chi connectivity index (χ0n) is 18.3. The molecule has 3 heterocycles. The first-order valence-electron chi connectivity index (χ1n) is 11.2. The average Bonchev–Trinajstić information content (AvgIpc) is 3.32. The molecule has 1 aromatic heterocycles. The second kappa shape index (κ2) is 9.62. The predicted molar refractivity (Wildman–Crippen MR) is 130 cm³/mol. The third-order valence-corrected chi connectivity index (χ3v) is 7.20. The SMILES string of the molecule is O=C(c1ccccc1)N1CCN(C2CN(C(=O)c3ccc(C#Cc4ccccc4)s3)C2)CC1. The molecule has 5 nitrogen and oxygen atoms in total. The number of hydrogen-bond acceptors (Lipinski definition) is 4. The lowest BCUT2D eigenvalue weighted by Gasteiger charge is -2.48. The largest absolute Gasteiger partial charge is 0.336 e. The topological polar surface area (TPSA) is 43.9 Å². The van der Waals surface area contributed by atoms with E-state index in [1.807, 2.05) is 82.6 Å². The van der Waals surface area contributed by atoms with Gasteiger partial charge in [0.05, 0.1) is 9.75 Å². The quantitative estimate of drug-likeness (QED) is 0.569. The summed E-state index contributed by atoms with van der Waals surface area (Å²) in [5.41, 5.74) is 1.71. The van der Waals surface area contributed by atoms with Crippen LogP contribution >= 0.6 is 11.3 Å². The van der Waals surface area contributed by atoms with Crippen molar-refractivity contribution in [3.05, 3.63) is 93.7 Å². The molecule has 2 fully saturated rings. The molecule has 0 saturated carbocycles. The summed E-state index contributed by atoms with van der Waals surface area (Å²) in [5, 5.41) is 0. The predicted octanol–water partition coefficient (Wildman–Crippen LogP) is 3.43. The van der Waals surface area contributed by atoms with E-state index in [4.69, 9.17) is 0 Å². The molecule has 0 aliphatic carbocycles. The van der Waals surface area contributed by atoms with Crippen molar-refractivity contribution in [3.8, 4) is 11.8 Å². The van der Waals surface area contributed by atoms with Crippen LogP contribution in [0.4, 0.5) is 0 Å². The van der Waals surface area contributed by atoms with E-state index in [0.717, 1.165) is 60.1 Å². The highest BCUT2D eigenvalue weighted by Gasteiger charge is 2.37. The normalized spacial score (nSPS) is 16.6. The van der Waals surface area contributed by atoms with Crippen molar-refractivity contribution in [2.75, 3.05) is 39.3 Å². The molecule has 3 aromatic rings. The number of nitrogens with zero attached hydrogens (tertiary/aromatic N) is 3. The van der Waals surface area contributed by atoms with Gasteiger partial charge in [-0.25, -0.2) is 0 Å². The number of amides is 2. The highest BCUT2D eigenvalue weighted by molar-refractivity contribution is 7.14. The third-order valence-electron chi connectivity index (χ3n) is 6.21. The fraction of sp³-hybridized carbons (Fsp3) is 0.259. The number of carbonyl (C=O) groups is 2. The summed E-state index contributed by atoms with van der Waals surface area (Å²) in [4.78, 5) is 33.4. The second-order valence-electron chi connectivity index (χ2n) is 8.34. The molecule has 2 saturated heterocycles. The molecule has 33 heavy (non-hydrogen) atoms. The smallest absolute Gasteiger partial charge is 0.264 e. The van der Waals surface area contributed by atoms with Gasteiger partial charge < -0.3 is 9.80 Å². The lowest BCUT2D eigenvalue weighted by molar-refractivity contribution is 0.00879. The Bertz CT molecular complexity index is 1180. The number of hydrogen-bond donors (Lipinski definition) is 0. The van der Waals surface area contributed by atoms with Crippen LogP contribution in [-0.4, -0.2) is 71.8 Å². The maximum atomic E-state index is 12.9. The number of carbonyl (C=O) groups excluding carboxylic acids is 2. The summed E-state index contributed by atoms with van der Waals surface area (Å²) in [7, 11) is 0. The molecule has 0 atom stereocenters. The Morgan fingerprint density at radius 3 is 2.09 bits per heavy atom. The van der Waals surface area contributed by atoms with Gasteiger partial charge in [0, 0.05) is 56.4 Å². The Balaban J connectivity index is 1.10. The molecular formula is C27H25N3O2S. The highest BCUT2D eigenvalue weighted by atomic mass is 32.1. The second-order valence-corrected chi connectivity index (χ2v) is 9.42. The van der Waals surface area contributed by atoms with E-state index in [9.17, 15) is 9.59 Å². The lowest BCUT2D eigenvalue weighted by atomic mass is 10.1. The Morgan fingerprint density at radius 1 is 0.727 bits per heavy atom. The van der Waals surface area contributed by atoms with E-state index in [0.29, 0.717) is 6.04 Å². The van der Waals surface area contributed by atoms with E-state index in [1.54, 1.807) is 0 Å². The van der Waals surface area contributed by atoms with Crippen molar-refractivity contribution in [1.82, 2.24) is 14.7 Å². The van der Waals surface area contributed by atoms with Gasteiger partial charge in [-0.1, -0.05) is 48.2 Å². The maximum Gasteiger partial charge on any atom is 0.264 e. The number of likely N-dealkylation sites (tertiary alicyclic amines) is 1.